The Morgan fingerprint density at radius 2 is 0.953 bits per heavy atom. The largest absolute Gasteiger partial charge is 0.452 e. The number of rotatable bonds is 5. The number of nitrogens with zero attached hydrogens (tertiary/aromatic N) is 5. The maximum absolute atomic E-state index is 6.21. The van der Waals surface area contributed by atoms with E-state index in [1.54, 1.807) is 6.33 Å². The molecule has 0 saturated heterocycles. The maximum atomic E-state index is 6.21. The summed E-state index contributed by atoms with van der Waals surface area (Å²) in [6.45, 7) is 0. The summed E-state index contributed by atoms with van der Waals surface area (Å²) >= 11 is 0. The quantitative estimate of drug-likeness (QED) is 0.212. The summed E-state index contributed by atoms with van der Waals surface area (Å²) in [7, 11) is 0. The van der Waals surface area contributed by atoms with E-state index in [0.29, 0.717) is 23.1 Å². The normalized spacial score (nSPS) is 11.3. The van der Waals surface area contributed by atoms with Gasteiger partial charge < -0.3 is 4.42 Å². The van der Waals surface area contributed by atoms with Gasteiger partial charge in [-0.2, -0.15) is 0 Å². The average molecular weight is 554 g/mol. The van der Waals surface area contributed by atoms with Crippen LogP contribution in [0.3, 0.4) is 0 Å². The van der Waals surface area contributed by atoms with Crippen LogP contribution in [0, 0.1) is 0 Å². The van der Waals surface area contributed by atoms with Gasteiger partial charge in [0.15, 0.2) is 23.1 Å². The first-order valence-corrected chi connectivity index (χ1v) is 14.0. The molecule has 0 atom stereocenters. The average Bonchev–Trinajstić information content (AvgIpc) is 3.48. The lowest BCUT2D eigenvalue weighted by molar-refractivity contribution is 0.667. The van der Waals surface area contributed by atoms with Gasteiger partial charge >= 0.3 is 0 Å². The lowest BCUT2D eigenvalue weighted by Crippen LogP contribution is -2.00. The minimum absolute atomic E-state index is 0.577. The maximum Gasteiger partial charge on any atom is 0.180 e. The Morgan fingerprint density at radius 1 is 0.419 bits per heavy atom. The van der Waals surface area contributed by atoms with Crippen molar-refractivity contribution >= 4 is 22.1 Å². The SMILES string of the molecule is c1ccc(-c2ccc(-c3nc(-c4ccccc4)nc(-c4cccc(-c5ncnc6c5oc5ccccc56)c4)n3)cc2)cc1. The minimum atomic E-state index is 0.577. The van der Waals surface area contributed by atoms with Crippen molar-refractivity contribution in [1.82, 2.24) is 24.9 Å². The highest BCUT2D eigenvalue weighted by atomic mass is 16.3. The molecule has 8 aromatic rings. The summed E-state index contributed by atoms with van der Waals surface area (Å²) in [6.07, 6.45) is 1.58. The highest BCUT2D eigenvalue weighted by molar-refractivity contribution is 6.06. The van der Waals surface area contributed by atoms with Gasteiger partial charge in [-0.1, -0.05) is 115 Å². The van der Waals surface area contributed by atoms with Gasteiger partial charge in [-0.25, -0.2) is 24.9 Å². The van der Waals surface area contributed by atoms with E-state index >= 15 is 0 Å². The lowest BCUT2D eigenvalue weighted by Gasteiger charge is -2.10. The molecule has 0 unspecified atom stereocenters. The summed E-state index contributed by atoms with van der Waals surface area (Å²) in [5.41, 5.74) is 8.81. The molecule has 0 aliphatic rings. The van der Waals surface area contributed by atoms with Crippen molar-refractivity contribution in [3.8, 4) is 56.5 Å². The van der Waals surface area contributed by atoms with Crippen LogP contribution in [0.25, 0.3) is 78.6 Å². The molecule has 0 N–H and O–H groups in total. The summed E-state index contributed by atoms with van der Waals surface area (Å²) in [5, 5.41) is 0.963. The third-order valence-corrected chi connectivity index (χ3v) is 7.47. The molecule has 0 radical (unpaired) electrons. The van der Waals surface area contributed by atoms with E-state index in [1.807, 2.05) is 97.1 Å². The second-order valence-electron chi connectivity index (χ2n) is 10.2. The molecule has 0 aliphatic carbocycles. The van der Waals surface area contributed by atoms with E-state index in [0.717, 1.165) is 55.6 Å². The molecule has 0 amide bonds. The molecule has 0 spiro atoms. The molecule has 6 nitrogen and oxygen atoms in total. The number of aromatic nitrogens is 5. The standard InChI is InChI=1S/C37H23N5O/c1-3-10-24(11-4-1)25-18-20-27(21-19-25)36-40-35(26-12-5-2-6-13-26)41-37(42-36)29-15-9-14-28(22-29)32-34-33(39-23-38-32)30-16-7-8-17-31(30)43-34/h1-23H. The highest BCUT2D eigenvalue weighted by Crippen LogP contribution is 2.34. The molecule has 8 rings (SSSR count). The molecule has 0 saturated carbocycles. The van der Waals surface area contributed by atoms with Gasteiger partial charge in [0.2, 0.25) is 0 Å². The number of fused-ring (bicyclic) bond motifs is 3. The second-order valence-corrected chi connectivity index (χ2v) is 10.2. The minimum Gasteiger partial charge on any atom is -0.452 e. The van der Waals surface area contributed by atoms with Crippen LogP contribution in [0.1, 0.15) is 0 Å². The molecule has 0 fully saturated rings. The molecule has 5 aromatic carbocycles. The Labute approximate surface area is 247 Å². The van der Waals surface area contributed by atoms with Gasteiger partial charge in [-0.05, 0) is 29.3 Å². The first-order chi connectivity index (χ1) is 21.3. The molecule has 6 heteroatoms. The van der Waals surface area contributed by atoms with E-state index in [1.165, 1.54) is 0 Å². The van der Waals surface area contributed by atoms with Crippen LogP contribution in [0.4, 0.5) is 0 Å². The van der Waals surface area contributed by atoms with Gasteiger partial charge in [-0.3, -0.25) is 0 Å². The van der Waals surface area contributed by atoms with Gasteiger partial charge in [0.25, 0.3) is 0 Å². The molecular formula is C37H23N5O. The highest BCUT2D eigenvalue weighted by Gasteiger charge is 2.17. The van der Waals surface area contributed by atoms with Gasteiger partial charge in [0, 0.05) is 27.6 Å². The summed E-state index contributed by atoms with van der Waals surface area (Å²) < 4.78 is 6.21. The molecular weight excluding hydrogens is 530 g/mol. The molecule has 0 bridgehead atoms. The predicted octanol–water partition coefficient (Wildman–Crippen LogP) is 8.90. The van der Waals surface area contributed by atoms with Crippen LogP contribution in [0.15, 0.2) is 144 Å². The van der Waals surface area contributed by atoms with E-state index in [4.69, 9.17) is 19.4 Å². The smallest absolute Gasteiger partial charge is 0.180 e. The van der Waals surface area contributed by atoms with Crippen LogP contribution in [0.5, 0.6) is 0 Å². The van der Waals surface area contributed by atoms with Crippen molar-refractivity contribution in [3.63, 3.8) is 0 Å². The number of furan rings is 1. The monoisotopic (exact) mass is 553 g/mol. The van der Waals surface area contributed by atoms with Crippen molar-refractivity contribution in [2.45, 2.75) is 0 Å². The Hall–Kier alpha value is -6.01. The fourth-order valence-electron chi connectivity index (χ4n) is 5.33. The first-order valence-electron chi connectivity index (χ1n) is 14.0. The molecule has 43 heavy (non-hydrogen) atoms. The molecule has 3 heterocycles. The van der Waals surface area contributed by atoms with Gasteiger partial charge in [-0.15, -0.1) is 0 Å². The van der Waals surface area contributed by atoms with Crippen LogP contribution < -0.4 is 0 Å². The van der Waals surface area contributed by atoms with E-state index in [9.17, 15) is 0 Å². The number of hydrogen-bond acceptors (Lipinski definition) is 6. The topological polar surface area (TPSA) is 77.6 Å². The molecule has 202 valence electrons. The Morgan fingerprint density at radius 3 is 1.70 bits per heavy atom. The fraction of sp³-hybridized carbons (Fsp3) is 0. The van der Waals surface area contributed by atoms with Crippen molar-refractivity contribution < 1.29 is 4.42 Å². The predicted molar refractivity (Wildman–Crippen MR) is 170 cm³/mol. The van der Waals surface area contributed by atoms with Crippen LogP contribution in [-0.4, -0.2) is 24.9 Å². The van der Waals surface area contributed by atoms with Crippen molar-refractivity contribution in [2.24, 2.45) is 0 Å². The lowest BCUT2D eigenvalue weighted by atomic mass is 10.0. The number of benzene rings is 5. The van der Waals surface area contributed by atoms with Gasteiger partial charge in [0.1, 0.15) is 23.1 Å². The summed E-state index contributed by atoms with van der Waals surface area (Å²) in [4.78, 5) is 23.9. The van der Waals surface area contributed by atoms with Crippen molar-refractivity contribution in [1.29, 1.82) is 0 Å². The summed E-state index contributed by atoms with van der Waals surface area (Å²) in [6, 6.07) is 44.6. The molecule has 3 aromatic heterocycles. The zero-order chi connectivity index (χ0) is 28.6. The van der Waals surface area contributed by atoms with Crippen molar-refractivity contribution in [3.05, 3.63) is 140 Å². The van der Waals surface area contributed by atoms with E-state index in [-0.39, 0.29) is 0 Å². The third-order valence-electron chi connectivity index (χ3n) is 7.47. The van der Waals surface area contributed by atoms with Gasteiger partial charge in [0.05, 0.1) is 0 Å². The Balaban J connectivity index is 1.25. The summed E-state index contributed by atoms with van der Waals surface area (Å²) in [5.74, 6) is 1.79. The van der Waals surface area contributed by atoms with Crippen LogP contribution in [-0.2, 0) is 0 Å². The van der Waals surface area contributed by atoms with Crippen molar-refractivity contribution in [2.75, 3.05) is 0 Å². The Kier molecular flexibility index (Phi) is 6.01. The zero-order valence-electron chi connectivity index (χ0n) is 22.9. The zero-order valence-corrected chi connectivity index (χ0v) is 22.9. The van der Waals surface area contributed by atoms with Crippen LogP contribution in [0.2, 0.25) is 0 Å². The Bertz CT molecular complexity index is 2230. The first kappa shape index (κ1) is 24.8. The van der Waals surface area contributed by atoms with E-state index < -0.39 is 0 Å². The third kappa shape index (κ3) is 4.61. The number of para-hydroxylation sites is 1. The second kappa shape index (κ2) is 10.4. The van der Waals surface area contributed by atoms with E-state index in [2.05, 4.69) is 46.4 Å². The fourth-order valence-corrected chi connectivity index (χ4v) is 5.33. The van der Waals surface area contributed by atoms with Crippen LogP contribution >= 0.6 is 0 Å². The molecule has 0 aliphatic heterocycles. The number of hydrogen-bond donors (Lipinski definition) is 0.